The average Bonchev–Trinajstić information content (AvgIpc) is 3.23. The van der Waals surface area contributed by atoms with Crippen LogP contribution in [0.15, 0.2) is 45.7 Å². The molecule has 0 bridgehead atoms. The van der Waals surface area contributed by atoms with Crippen LogP contribution in [0.25, 0.3) is 10.8 Å². The smallest absolute Gasteiger partial charge is 0.398 e. The lowest BCUT2D eigenvalue weighted by Crippen LogP contribution is -2.13. The number of nitrogens with zero attached hydrogens (tertiary/aromatic N) is 3. The van der Waals surface area contributed by atoms with Gasteiger partial charge in [0, 0.05) is 5.56 Å². The third kappa shape index (κ3) is 3.60. The standard InChI is InChI=1S/C14H10N4O6S2/c1-8(19)9-2-4-10(5-3-9)26(22,23)17-14-16-15-13(25-14)11-6-7-12(24-11)18(20)21/h2-7H,1H3,(H,16,17). The Morgan fingerprint density at radius 3 is 2.46 bits per heavy atom. The molecule has 12 heteroatoms. The molecule has 0 unspecified atom stereocenters. The van der Waals surface area contributed by atoms with Crippen LogP contribution in [0.4, 0.5) is 11.0 Å². The number of anilines is 1. The molecule has 0 saturated carbocycles. The van der Waals surface area contributed by atoms with E-state index in [1.165, 1.54) is 37.3 Å². The second-order valence-corrected chi connectivity index (χ2v) is 7.65. The van der Waals surface area contributed by atoms with Crippen LogP contribution in [0.3, 0.4) is 0 Å². The second-order valence-electron chi connectivity index (χ2n) is 4.99. The topological polar surface area (TPSA) is 145 Å². The lowest BCUT2D eigenvalue weighted by atomic mass is 10.2. The molecule has 26 heavy (non-hydrogen) atoms. The lowest BCUT2D eigenvalue weighted by Gasteiger charge is -2.05. The Hall–Kier alpha value is -3.12. The number of nitrogens with one attached hydrogen (secondary N) is 1. The number of rotatable bonds is 6. The summed E-state index contributed by atoms with van der Waals surface area (Å²) in [4.78, 5) is 21.1. The molecule has 1 N–H and O–H groups in total. The minimum Gasteiger partial charge on any atom is -0.398 e. The highest BCUT2D eigenvalue weighted by Gasteiger charge is 2.20. The van der Waals surface area contributed by atoms with E-state index in [4.69, 9.17) is 4.42 Å². The van der Waals surface area contributed by atoms with Gasteiger partial charge in [0.05, 0.1) is 11.0 Å². The van der Waals surface area contributed by atoms with Crippen molar-refractivity contribution in [1.29, 1.82) is 0 Å². The summed E-state index contributed by atoms with van der Waals surface area (Å²) in [6, 6.07) is 7.93. The molecule has 0 aliphatic carbocycles. The van der Waals surface area contributed by atoms with Crippen LogP contribution in [0.5, 0.6) is 0 Å². The predicted molar refractivity (Wildman–Crippen MR) is 91.5 cm³/mol. The number of Topliss-reactive ketones (excluding diaryl/α,β-unsaturated/α-hetero) is 1. The first-order valence-corrected chi connectivity index (χ1v) is 9.28. The highest BCUT2D eigenvalue weighted by molar-refractivity contribution is 7.93. The summed E-state index contributed by atoms with van der Waals surface area (Å²) < 4.78 is 32.0. The molecule has 0 fully saturated rings. The largest absolute Gasteiger partial charge is 0.433 e. The number of hydrogen-bond donors (Lipinski definition) is 1. The van der Waals surface area contributed by atoms with E-state index < -0.39 is 20.8 Å². The SMILES string of the molecule is CC(=O)c1ccc(S(=O)(=O)Nc2nnc(-c3ccc([N+](=O)[O-])o3)s2)cc1. The summed E-state index contributed by atoms with van der Waals surface area (Å²) in [5.41, 5.74) is 0.390. The number of aromatic nitrogens is 2. The fourth-order valence-electron chi connectivity index (χ4n) is 1.95. The molecule has 0 amide bonds. The van der Waals surface area contributed by atoms with Gasteiger partial charge < -0.3 is 4.42 Å². The van der Waals surface area contributed by atoms with Gasteiger partial charge in [0.15, 0.2) is 16.6 Å². The quantitative estimate of drug-likeness (QED) is 0.381. The molecule has 134 valence electrons. The predicted octanol–water partition coefficient (Wildman–Crippen LogP) is 2.71. The number of benzene rings is 1. The first-order valence-electron chi connectivity index (χ1n) is 6.98. The minimum atomic E-state index is -3.93. The third-order valence-electron chi connectivity index (χ3n) is 3.20. The number of nitro groups is 1. The van der Waals surface area contributed by atoms with Crippen molar-refractivity contribution in [2.45, 2.75) is 11.8 Å². The number of furan rings is 1. The van der Waals surface area contributed by atoms with Crippen LogP contribution < -0.4 is 4.72 Å². The zero-order chi connectivity index (χ0) is 18.9. The van der Waals surface area contributed by atoms with Crippen LogP contribution >= 0.6 is 11.3 Å². The average molecular weight is 394 g/mol. The molecule has 0 radical (unpaired) electrons. The number of ketones is 1. The van der Waals surface area contributed by atoms with Gasteiger partial charge in [0.2, 0.25) is 5.13 Å². The van der Waals surface area contributed by atoms with Crippen molar-refractivity contribution in [1.82, 2.24) is 10.2 Å². The molecular formula is C14H10N4O6S2. The Balaban J connectivity index is 1.81. The van der Waals surface area contributed by atoms with E-state index in [2.05, 4.69) is 14.9 Å². The van der Waals surface area contributed by atoms with Crippen molar-refractivity contribution in [2.75, 3.05) is 4.72 Å². The number of sulfonamides is 1. The van der Waals surface area contributed by atoms with Gasteiger partial charge in [0.25, 0.3) is 10.0 Å². The van der Waals surface area contributed by atoms with Crippen molar-refractivity contribution in [2.24, 2.45) is 0 Å². The van der Waals surface area contributed by atoms with E-state index in [-0.39, 0.29) is 26.6 Å². The van der Waals surface area contributed by atoms with Crippen LogP contribution in [0.1, 0.15) is 17.3 Å². The zero-order valence-corrected chi connectivity index (χ0v) is 14.7. The van der Waals surface area contributed by atoms with Gasteiger partial charge in [0.1, 0.15) is 4.92 Å². The maximum Gasteiger partial charge on any atom is 0.433 e. The Morgan fingerprint density at radius 2 is 1.88 bits per heavy atom. The van der Waals surface area contributed by atoms with Crippen LogP contribution in [-0.4, -0.2) is 29.3 Å². The minimum absolute atomic E-state index is 0.0327. The van der Waals surface area contributed by atoms with Crippen molar-refractivity contribution in [3.63, 3.8) is 0 Å². The molecule has 2 heterocycles. The zero-order valence-electron chi connectivity index (χ0n) is 13.1. The maximum atomic E-state index is 12.4. The Bertz CT molecular complexity index is 1080. The van der Waals surface area contributed by atoms with Crippen molar-refractivity contribution in [3.8, 4) is 10.8 Å². The fraction of sp³-hybridized carbons (Fsp3) is 0.0714. The first-order chi connectivity index (χ1) is 12.3. The summed E-state index contributed by atoms with van der Waals surface area (Å²) >= 11 is 0.858. The van der Waals surface area contributed by atoms with E-state index in [9.17, 15) is 23.3 Å². The van der Waals surface area contributed by atoms with Gasteiger partial charge in [-0.05, 0) is 25.1 Å². The summed E-state index contributed by atoms with van der Waals surface area (Å²) in [6.07, 6.45) is 0. The molecule has 0 saturated heterocycles. The van der Waals surface area contributed by atoms with Crippen LogP contribution in [0.2, 0.25) is 0 Å². The second kappa shape index (κ2) is 6.65. The molecule has 0 spiro atoms. The van der Waals surface area contributed by atoms with Gasteiger partial charge in [-0.15, -0.1) is 10.2 Å². The molecule has 3 rings (SSSR count). The molecule has 2 aromatic heterocycles. The van der Waals surface area contributed by atoms with Gasteiger partial charge in [-0.25, -0.2) is 8.42 Å². The molecule has 10 nitrogen and oxygen atoms in total. The maximum absolute atomic E-state index is 12.4. The first kappa shape index (κ1) is 17.7. The molecule has 1 aromatic carbocycles. The van der Waals surface area contributed by atoms with Crippen molar-refractivity contribution >= 4 is 38.2 Å². The molecule has 0 atom stereocenters. The Labute approximate surface area is 150 Å². The normalized spacial score (nSPS) is 11.3. The van der Waals surface area contributed by atoms with Crippen LogP contribution in [-0.2, 0) is 10.0 Å². The van der Waals surface area contributed by atoms with Crippen molar-refractivity contribution < 1.29 is 22.6 Å². The van der Waals surface area contributed by atoms with E-state index in [1.807, 2.05) is 0 Å². The van der Waals surface area contributed by atoms with Gasteiger partial charge in [-0.1, -0.05) is 23.5 Å². The lowest BCUT2D eigenvalue weighted by molar-refractivity contribution is -0.401. The molecule has 0 aliphatic rings. The van der Waals surface area contributed by atoms with Gasteiger partial charge in [-0.3, -0.25) is 19.6 Å². The summed E-state index contributed by atoms with van der Waals surface area (Å²) in [5.74, 6) is -0.531. The Kier molecular flexibility index (Phi) is 4.52. The highest BCUT2D eigenvalue weighted by Crippen LogP contribution is 2.31. The molecule has 3 aromatic rings. The third-order valence-corrected chi connectivity index (χ3v) is 5.54. The monoisotopic (exact) mass is 394 g/mol. The molecular weight excluding hydrogens is 384 g/mol. The summed E-state index contributed by atoms with van der Waals surface area (Å²) in [6.45, 7) is 1.38. The van der Waals surface area contributed by atoms with E-state index >= 15 is 0 Å². The Morgan fingerprint density at radius 1 is 1.19 bits per heavy atom. The molecule has 0 aliphatic heterocycles. The number of carbonyl (C=O) groups is 1. The van der Waals surface area contributed by atoms with Crippen molar-refractivity contribution in [3.05, 3.63) is 52.1 Å². The number of carbonyl (C=O) groups excluding carboxylic acids is 1. The summed E-state index contributed by atoms with van der Waals surface area (Å²) in [5, 5.41) is 18.2. The van der Waals surface area contributed by atoms with E-state index in [0.29, 0.717) is 5.56 Å². The summed E-state index contributed by atoms with van der Waals surface area (Å²) in [7, 11) is -3.93. The van der Waals surface area contributed by atoms with E-state index in [1.54, 1.807) is 0 Å². The van der Waals surface area contributed by atoms with E-state index in [0.717, 1.165) is 17.4 Å². The van der Waals surface area contributed by atoms with Crippen LogP contribution in [0, 0.1) is 10.1 Å². The van der Waals surface area contributed by atoms with Gasteiger partial charge in [-0.2, -0.15) is 0 Å². The highest BCUT2D eigenvalue weighted by atomic mass is 32.2. The fourth-order valence-corrected chi connectivity index (χ4v) is 3.88. The van der Waals surface area contributed by atoms with Gasteiger partial charge >= 0.3 is 5.88 Å². The number of hydrogen-bond acceptors (Lipinski definition) is 9.